The Morgan fingerprint density at radius 3 is 2.46 bits per heavy atom. The Bertz CT molecular complexity index is 860. The van der Waals surface area contributed by atoms with Gasteiger partial charge in [-0.15, -0.1) is 0 Å². The molecule has 4 rings (SSSR count). The second kappa shape index (κ2) is 8.21. The topological polar surface area (TPSA) is 79.9 Å². The molecule has 2 aromatic rings. The molecular formula is C21H23N3O4. The van der Waals surface area contributed by atoms with Crippen molar-refractivity contribution in [2.45, 2.75) is 25.8 Å². The van der Waals surface area contributed by atoms with Crippen molar-refractivity contribution >= 4 is 23.2 Å². The van der Waals surface area contributed by atoms with Gasteiger partial charge in [-0.3, -0.25) is 9.59 Å². The Morgan fingerprint density at radius 1 is 0.929 bits per heavy atom. The average molecular weight is 381 g/mol. The van der Waals surface area contributed by atoms with Crippen molar-refractivity contribution in [2.24, 2.45) is 0 Å². The van der Waals surface area contributed by atoms with E-state index in [-0.39, 0.29) is 25.0 Å². The van der Waals surface area contributed by atoms with E-state index in [9.17, 15) is 9.59 Å². The Morgan fingerprint density at radius 2 is 1.68 bits per heavy atom. The minimum Gasteiger partial charge on any atom is -0.454 e. The smallest absolute Gasteiger partial charge is 0.233 e. The standard InChI is InChI=1S/C21H23N3O4/c25-20(22-13-15-3-8-18-19(11-15)28-14-27-18)12-21(26)23-16-4-6-17(7-5-16)24-9-1-2-10-24/h3-8,11H,1-2,9-10,12-14H2,(H,22,25)(H,23,26). The highest BCUT2D eigenvalue weighted by Gasteiger charge is 2.15. The summed E-state index contributed by atoms with van der Waals surface area (Å²) in [5.41, 5.74) is 2.74. The zero-order valence-corrected chi connectivity index (χ0v) is 15.6. The first-order valence-electron chi connectivity index (χ1n) is 9.47. The number of carbonyl (C=O) groups is 2. The van der Waals surface area contributed by atoms with Gasteiger partial charge in [-0.1, -0.05) is 6.07 Å². The molecule has 146 valence electrons. The van der Waals surface area contributed by atoms with Crippen LogP contribution in [-0.4, -0.2) is 31.7 Å². The van der Waals surface area contributed by atoms with Gasteiger partial charge in [0.05, 0.1) is 0 Å². The van der Waals surface area contributed by atoms with Gasteiger partial charge in [0, 0.05) is 31.0 Å². The molecule has 0 saturated carbocycles. The number of hydrogen-bond donors (Lipinski definition) is 2. The van der Waals surface area contributed by atoms with E-state index in [1.165, 1.54) is 12.8 Å². The van der Waals surface area contributed by atoms with Crippen LogP contribution in [0.4, 0.5) is 11.4 Å². The number of ether oxygens (including phenoxy) is 2. The van der Waals surface area contributed by atoms with Crippen LogP contribution in [0, 0.1) is 0 Å². The molecule has 0 unspecified atom stereocenters. The lowest BCUT2D eigenvalue weighted by Gasteiger charge is -2.17. The van der Waals surface area contributed by atoms with Gasteiger partial charge >= 0.3 is 0 Å². The molecule has 0 atom stereocenters. The van der Waals surface area contributed by atoms with E-state index in [4.69, 9.17) is 9.47 Å². The van der Waals surface area contributed by atoms with Crippen molar-refractivity contribution in [3.63, 3.8) is 0 Å². The van der Waals surface area contributed by atoms with Gasteiger partial charge in [-0.2, -0.15) is 0 Å². The van der Waals surface area contributed by atoms with E-state index < -0.39 is 0 Å². The molecule has 28 heavy (non-hydrogen) atoms. The highest BCUT2D eigenvalue weighted by molar-refractivity contribution is 6.03. The SMILES string of the molecule is O=C(CC(=O)Nc1ccc(N2CCCC2)cc1)NCc1ccc2c(c1)OCO2. The number of hydrogen-bond acceptors (Lipinski definition) is 5. The normalized spacial score (nSPS) is 14.8. The maximum atomic E-state index is 12.1. The third-order valence-electron chi connectivity index (χ3n) is 4.87. The summed E-state index contributed by atoms with van der Waals surface area (Å²) in [5.74, 6) is 0.702. The Hall–Kier alpha value is -3.22. The van der Waals surface area contributed by atoms with Crippen LogP contribution >= 0.6 is 0 Å². The highest BCUT2D eigenvalue weighted by atomic mass is 16.7. The molecular weight excluding hydrogens is 358 g/mol. The molecule has 7 nitrogen and oxygen atoms in total. The van der Waals surface area contributed by atoms with E-state index in [0.717, 1.165) is 24.3 Å². The summed E-state index contributed by atoms with van der Waals surface area (Å²) in [6, 6.07) is 13.2. The number of carbonyl (C=O) groups excluding carboxylic acids is 2. The van der Waals surface area contributed by atoms with Crippen molar-refractivity contribution in [3.8, 4) is 11.5 Å². The van der Waals surface area contributed by atoms with Crippen LogP contribution in [-0.2, 0) is 16.1 Å². The number of anilines is 2. The Balaban J connectivity index is 1.23. The van der Waals surface area contributed by atoms with Gasteiger partial charge in [0.2, 0.25) is 18.6 Å². The van der Waals surface area contributed by atoms with Crippen molar-refractivity contribution < 1.29 is 19.1 Å². The molecule has 0 bridgehead atoms. The van der Waals surface area contributed by atoms with E-state index in [1.807, 2.05) is 42.5 Å². The van der Waals surface area contributed by atoms with Crippen LogP contribution in [0.15, 0.2) is 42.5 Å². The second-order valence-corrected chi connectivity index (χ2v) is 6.93. The molecule has 7 heteroatoms. The summed E-state index contributed by atoms with van der Waals surface area (Å²) >= 11 is 0. The van der Waals surface area contributed by atoms with E-state index >= 15 is 0 Å². The minimum atomic E-state index is -0.336. The van der Waals surface area contributed by atoms with Gasteiger partial charge in [0.15, 0.2) is 11.5 Å². The minimum absolute atomic E-state index is 0.213. The number of fused-ring (bicyclic) bond motifs is 1. The van der Waals surface area contributed by atoms with Crippen LogP contribution in [0.25, 0.3) is 0 Å². The van der Waals surface area contributed by atoms with Crippen LogP contribution in [0.3, 0.4) is 0 Å². The van der Waals surface area contributed by atoms with Gasteiger partial charge < -0.3 is 25.0 Å². The fraction of sp³-hybridized carbons (Fsp3) is 0.333. The molecule has 0 radical (unpaired) electrons. The van der Waals surface area contributed by atoms with E-state index in [0.29, 0.717) is 23.7 Å². The molecule has 0 aliphatic carbocycles. The lowest BCUT2D eigenvalue weighted by molar-refractivity contribution is -0.126. The molecule has 2 amide bonds. The maximum Gasteiger partial charge on any atom is 0.233 e. The predicted octanol–water partition coefficient (Wildman–Crippen LogP) is 2.66. The van der Waals surface area contributed by atoms with E-state index in [1.54, 1.807) is 0 Å². The summed E-state index contributed by atoms with van der Waals surface area (Å²) in [5, 5.41) is 5.52. The van der Waals surface area contributed by atoms with Gasteiger partial charge in [0.25, 0.3) is 0 Å². The Labute approximate surface area is 163 Å². The van der Waals surface area contributed by atoms with Crippen LogP contribution < -0.4 is 25.0 Å². The predicted molar refractivity (Wildman–Crippen MR) is 106 cm³/mol. The van der Waals surface area contributed by atoms with Crippen LogP contribution in [0.1, 0.15) is 24.8 Å². The van der Waals surface area contributed by atoms with Crippen molar-refractivity contribution in [1.29, 1.82) is 0 Å². The van der Waals surface area contributed by atoms with Gasteiger partial charge in [-0.25, -0.2) is 0 Å². The number of amides is 2. The molecule has 1 fully saturated rings. The molecule has 2 heterocycles. The van der Waals surface area contributed by atoms with Crippen molar-refractivity contribution in [1.82, 2.24) is 5.32 Å². The number of nitrogens with one attached hydrogen (secondary N) is 2. The first-order chi connectivity index (χ1) is 13.7. The summed E-state index contributed by atoms with van der Waals surface area (Å²) in [6.07, 6.45) is 2.22. The first-order valence-corrected chi connectivity index (χ1v) is 9.47. The fourth-order valence-electron chi connectivity index (χ4n) is 3.40. The molecule has 0 aromatic heterocycles. The van der Waals surface area contributed by atoms with Crippen molar-refractivity contribution in [3.05, 3.63) is 48.0 Å². The maximum absolute atomic E-state index is 12.1. The quantitative estimate of drug-likeness (QED) is 0.752. The lowest BCUT2D eigenvalue weighted by Crippen LogP contribution is -2.27. The molecule has 2 aliphatic rings. The monoisotopic (exact) mass is 381 g/mol. The molecule has 2 aliphatic heterocycles. The molecule has 2 N–H and O–H groups in total. The van der Waals surface area contributed by atoms with Crippen LogP contribution in [0.5, 0.6) is 11.5 Å². The van der Waals surface area contributed by atoms with Gasteiger partial charge in [0.1, 0.15) is 6.42 Å². The lowest BCUT2D eigenvalue weighted by atomic mass is 10.2. The number of rotatable bonds is 6. The van der Waals surface area contributed by atoms with Crippen molar-refractivity contribution in [2.75, 3.05) is 30.1 Å². The zero-order chi connectivity index (χ0) is 19.3. The summed E-state index contributed by atoms with van der Waals surface area (Å²) in [6.45, 7) is 2.70. The van der Waals surface area contributed by atoms with Gasteiger partial charge in [-0.05, 0) is 54.8 Å². The number of nitrogens with zero attached hydrogens (tertiary/aromatic N) is 1. The van der Waals surface area contributed by atoms with E-state index in [2.05, 4.69) is 15.5 Å². The molecule has 0 spiro atoms. The number of benzene rings is 2. The summed E-state index contributed by atoms with van der Waals surface area (Å²) < 4.78 is 10.6. The fourth-order valence-corrected chi connectivity index (χ4v) is 3.40. The average Bonchev–Trinajstić information content (AvgIpc) is 3.38. The molecule has 1 saturated heterocycles. The zero-order valence-electron chi connectivity index (χ0n) is 15.6. The first kappa shape index (κ1) is 18.2. The Kier molecular flexibility index (Phi) is 5.32. The van der Waals surface area contributed by atoms with Crippen LogP contribution in [0.2, 0.25) is 0 Å². The molecule has 2 aromatic carbocycles. The largest absolute Gasteiger partial charge is 0.454 e. The third kappa shape index (κ3) is 4.36. The summed E-state index contributed by atoms with van der Waals surface area (Å²) in [7, 11) is 0. The highest BCUT2D eigenvalue weighted by Crippen LogP contribution is 2.32. The second-order valence-electron chi connectivity index (χ2n) is 6.93. The third-order valence-corrected chi connectivity index (χ3v) is 4.87. The summed E-state index contributed by atoms with van der Waals surface area (Å²) in [4.78, 5) is 26.5.